The quantitative estimate of drug-likeness (QED) is 0.727. The summed E-state index contributed by atoms with van der Waals surface area (Å²) in [7, 11) is 0. The highest BCUT2D eigenvalue weighted by molar-refractivity contribution is 7.98. The second-order valence-electron chi connectivity index (χ2n) is 5.13. The van der Waals surface area contributed by atoms with Crippen LogP contribution >= 0.6 is 11.8 Å². The summed E-state index contributed by atoms with van der Waals surface area (Å²) < 4.78 is 0. The van der Waals surface area contributed by atoms with Gasteiger partial charge in [0.1, 0.15) is 0 Å². The Balaban J connectivity index is 2.33. The van der Waals surface area contributed by atoms with Crippen molar-refractivity contribution in [1.29, 1.82) is 0 Å². The van der Waals surface area contributed by atoms with Crippen LogP contribution in [0.3, 0.4) is 0 Å². The summed E-state index contributed by atoms with van der Waals surface area (Å²) in [4.78, 5) is 0. The molecule has 96 valence electrons. The van der Waals surface area contributed by atoms with E-state index in [-0.39, 0.29) is 0 Å². The van der Waals surface area contributed by atoms with Gasteiger partial charge in [-0.1, -0.05) is 33.1 Å². The Bertz CT molecular complexity index is 164. The summed E-state index contributed by atoms with van der Waals surface area (Å²) in [6, 6.07) is 0.787. The second kappa shape index (κ2) is 8.41. The first-order valence-electron chi connectivity index (χ1n) is 7.04. The standard InChI is InChI=1S/C14H29NS/c1-4-12-6-8-13(9-7-12)14(15-5-2)10-11-16-3/h12-15H,4-11H2,1-3H3. The van der Waals surface area contributed by atoms with Gasteiger partial charge in [0.05, 0.1) is 0 Å². The van der Waals surface area contributed by atoms with E-state index in [9.17, 15) is 0 Å². The van der Waals surface area contributed by atoms with Crippen LogP contribution in [0.15, 0.2) is 0 Å². The molecule has 0 heterocycles. The monoisotopic (exact) mass is 243 g/mol. The van der Waals surface area contributed by atoms with Crippen molar-refractivity contribution in [3.8, 4) is 0 Å². The van der Waals surface area contributed by atoms with Gasteiger partial charge in [-0.05, 0) is 49.7 Å². The van der Waals surface area contributed by atoms with Gasteiger partial charge < -0.3 is 5.32 Å². The van der Waals surface area contributed by atoms with E-state index in [0.717, 1.165) is 24.4 Å². The predicted molar refractivity (Wildman–Crippen MR) is 76.2 cm³/mol. The Morgan fingerprint density at radius 3 is 2.38 bits per heavy atom. The lowest BCUT2D eigenvalue weighted by Crippen LogP contribution is -2.38. The van der Waals surface area contributed by atoms with Gasteiger partial charge >= 0.3 is 0 Å². The molecule has 1 aliphatic rings. The van der Waals surface area contributed by atoms with Crippen LogP contribution in [0.25, 0.3) is 0 Å². The Hall–Kier alpha value is 0.310. The van der Waals surface area contributed by atoms with Gasteiger partial charge in [0, 0.05) is 6.04 Å². The lowest BCUT2D eigenvalue weighted by Gasteiger charge is -2.34. The summed E-state index contributed by atoms with van der Waals surface area (Å²) in [6.45, 7) is 5.72. The van der Waals surface area contributed by atoms with Crippen molar-refractivity contribution < 1.29 is 0 Å². The Labute approximate surface area is 106 Å². The summed E-state index contributed by atoms with van der Waals surface area (Å²) in [6.07, 6.45) is 10.8. The summed E-state index contributed by atoms with van der Waals surface area (Å²) in [5.74, 6) is 3.29. The van der Waals surface area contributed by atoms with Crippen molar-refractivity contribution in [2.45, 2.75) is 58.4 Å². The molecule has 0 radical (unpaired) electrons. The highest BCUT2D eigenvalue weighted by Crippen LogP contribution is 2.33. The zero-order chi connectivity index (χ0) is 11.8. The van der Waals surface area contributed by atoms with E-state index in [0.29, 0.717) is 0 Å². The molecule has 0 bridgehead atoms. The molecule has 1 unspecified atom stereocenters. The molecule has 1 aliphatic carbocycles. The van der Waals surface area contributed by atoms with Crippen LogP contribution in [0.5, 0.6) is 0 Å². The second-order valence-corrected chi connectivity index (χ2v) is 6.12. The molecule has 1 nitrogen and oxygen atoms in total. The predicted octanol–water partition coefficient (Wildman–Crippen LogP) is 3.93. The molecule has 1 rings (SSSR count). The van der Waals surface area contributed by atoms with Crippen molar-refractivity contribution >= 4 is 11.8 Å². The van der Waals surface area contributed by atoms with E-state index in [1.165, 1.54) is 44.3 Å². The van der Waals surface area contributed by atoms with Gasteiger partial charge in [-0.15, -0.1) is 0 Å². The lowest BCUT2D eigenvalue weighted by atomic mass is 9.77. The molecular formula is C14H29NS. The molecule has 16 heavy (non-hydrogen) atoms. The van der Waals surface area contributed by atoms with Crippen LogP contribution in [0, 0.1) is 11.8 Å². The average molecular weight is 243 g/mol. The van der Waals surface area contributed by atoms with Crippen LogP contribution < -0.4 is 5.32 Å². The first-order valence-corrected chi connectivity index (χ1v) is 8.43. The lowest BCUT2D eigenvalue weighted by molar-refractivity contribution is 0.216. The van der Waals surface area contributed by atoms with Gasteiger partial charge in [-0.2, -0.15) is 11.8 Å². The fourth-order valence-corrected chi connectivity index (χ4v) is 3.50. The zero-order valence-electron chi connectivity index (χ0n) is 11.3. The first-order chi connectivity index (χ1) is 7.81. The summed E-state index contributed by atoms with van der Waals surface area (Å²) >= 11 is 1.98. The third-order valence-electron chi connectivity index (χ3n) is 4.14. The molecule has 1 saturated carbocycles. The maximum absolute atomic E-state index is 3.71. The zero-order valence-corrected chi connectivity index (χ0v) is 12.1. The molecule has 0 aromatic carbocycles. The topological polar surface area (TPSA) is 12.0 Å². The van der Waals surface area contributed by atoms with Gasteiger partial charge in [0.25, 0.3) is 0 Å². The van der Waals surface area contributed by atoms with Crippen molar-refractivity contribution in [2.75, 3.05) is 18.6 Å². The largest absolute Gasteiger partial charge is 0.314 e. The molecule has 0 spiro atoms. The first kappa shape index (κ1) is 14.4. The van der Waals surface area contributed by atoms with Crippen LogP contribution in [0.2, 0.25) is 0 Å². The molecule has 0 aromatic heterocycles. The van der Waals surface area contributed by atoms with E-state index < -0.39 is 0 Å². The van der Waals surface area contributed by atoms with E-state index in [1.807, 2.05) is 11.8 Å². The minimum Gasteiger partial charge on any atom is -0.314 e. The van der Waals surface area contributed by atoms with Gasteiger partial charge in [0.2, 0.25) is 0 Å². The van der Waals surface area contributed by atoms with Gasteiger partial charge in [-0.3, -0.25) is 0 Å². The van der Waals surface area contributed by atoms with Crippen molar-refractivity contribution in [1.82, 2.24) is 5.32 Å². The third kappa shape index (κ3) is 4.67. The minimum absolute atomic E-state index is 0.787. The number of nitrogens with one attached hydrogen (secondary N) is 1. The third-order valence-corrected chi connectivity index (χ3v) is 4.78. The molecule has 1 atom stereocenters. The van der Waals surface area contributed by atoms with Crippen LogP contribution in [-0.4, -0.2) is 24.6 Å². The maximum atomic E-state index is 3.71. The SMILES string of the molecule is CCNC(CCSC)C1CCC(CC)CC1. The minimum atomic E-state index is 0.787. The number of hydrogen-bond acceptors (Lipinski definition) is 2. The Kier molecular flexibility index (Phi) is 7.55. The number of hydrogen-bond donors (Lipinski definition) is 1. The van der Waals surface area contributed by atoms with Crippen molar-refractivity contribution in [2.24, 2.45) is 11.8 Å². The Morgan fingerprint density at radius 2 is 1.88 bits per heavy atom. The molecule has 0 saturated heterocycles. The molecule has 0 aliphatic heterocycles. The van der Waals surface area contributed by atoms with Gasteiger partial charge in [-0.25, -0.2) is 0 Å². The molecule has 0 amide bonds. The van der Waals surface area contributed by atoms with E-state index in [2.05, 4.69) is 25.4 Å². The fraction of sp³-hybridized carbons (Fsp3) is 1.00. The van der Waals surface area contributed by atoms with Crippen molar-refractivity contribution in [3.05, 3.63) is 0 Å². The van der Waals surface area contributed by atoms with Crippen LogP contribution in [0.4, 0.5) is 0 Å². The average Bonchev–Trinajstić information content (AvgIpc) is 2.35. The van der Waals surface area contributed by atoms with E-state index in [4.69, 9.17) is 0 Å². The molecule has 1 N–H and O–H groups in total. The summed E-state index contributed by atoms with van der Waals surface area (Å²) in [5.41, 5.74) is 0. The van der Waals surface area contributed by atoms with Crippen LogP contribution in [-0.2, 0) is 0 Å². The number of rotatable bonds is 7. The Morgan fingerprint density at radius 1 is 1.19 bits per heavy atom. The fourth-order valence-electron chi connectivity index (χ4n) is 3.01. The number of thioether (sulfide) groups is 1. The van der Waals surface area contributed by atoms with Crippen LogP contribution in [0.1, 0.15) is 52.4 Å². The molecule has 2 heteroatoms. The molecule has 0 aromatic rings. The smallest absolute Gasteiger partial charge is 0.0103 e. The van der Waals surface area contributed by atoms with Crippen molar-refractivity contribution in [3.63, 3.8) is 0 Å². The van der Waals surface area contributed by atoms with E-state index in [1.54, 1.807) is 0 Å². The maximum Gasteiger partial charge on any atom is 0.0103 e. The molecule has 1 fully saturated rings. The summed E-state index contributed by atoms with van der Waals surface area (Å²) in [5, 5.41) is 3.71. The van der Waals surface area contributed by atoms with Gasteiger partial charge in [0.15, 0.2) is 0 Å². The molecular weight excluding hydrogens is 214 g/mol. The normalized spacial score (nSPS) is 27.9. The highest BCUT2D eigenvalue weighted by Gasteiger charge is 2.25. The van der Waals surface area contributed by atoms with E-state index >= 15 is 0 Å². The highest BCUT2D eigenvalue weighted by atomic mass is 32.2.